The molecule has 23 heavy (non-hydrogen) atoms. The maximum atomic E-state index is 12.2. The van der Waals surface area contributed by atoms with Gasteiger partial charge in [-0.05, 0) is 37.5 Å². The average Bonchev–Trinajstić information content (AvgIpc) is 2.83. The van der Waals surface area contributed by atoms with Crippen molar-refractivity contribution in [2.45, 2.75) is 32.7 Å². The van der Waals surface area contributed by atoms with Crippen LogP contribution in [-0.2, 0) is 19.4 Å². The zero-order valence-corrected chi connectivity index (χ0v) is 14.4. The fourth-order valence-electron chi connectivity index (χ4n) is 2.63. The van der Waals surface area contributed by atoms with Gasteiger partial charge in [0.25, 0.3) is 0 Å². The Morgan fingerprint density at radius 3 is 2.61 bits per heavy atom. The molecule has 0 saturated carbocycles. The van der Waals surface area contributed by atoms with Gasteiger partial charge >= 0.3 is 0 Å². The molecule has 1 N–H and O–H groups in total. The summed E-state index contributed by atoms with van der Waals surface area (Å²) in [5.74, 6) is -0.677. The van der Waals surface area contributed by atoms with Crippen LogP contribution in [0, 0.1) is 13.8 Å². The summed E-state index contributed by atoms with van der Waals surface area (Å²) in [5, 5.41) is 2.74. The third kappa shape index (κ3) is 4.31. The van der Waals surface area contributed by atoms with Crippen molar-refractivity contribution in [3.05, 3.63) is 29.3 Å². The predicted octanol–water partition coefficient (Wildman–Crippen LogP) is 1.28. The van der Waals surface area contributed by atoms with E-state index in [2.05, 4.69) is 5.32 Å². The largest absolute Gasteiger partial charge is 0.341 e. The quantitative estimate of drug-likeness (QED) is 0.838. The van der Waals surface area contributed by atoms with Crippen molar-refractivity contribution < 1.29 is 18.0 Å². The third-order valence-corrected chi connectivity index (χ3v) is 6.09. The zero-order valence-electron chi connectivity index (χ0n) is 13.6. The number of nitrogens with one attached hydrogen (secondary N) is 1. The van der Waals surface area contributed by atoms with E-state index in [-0.39, 0.29) is 29.9 Å². The Morgan fingerprint density at radius 1 is 1.30 bits per heavy atom. The number of benzene rings is 1. The number of amides is 2. The van der Waals surface area contributed by atoms with E-state index in [0.29, 0.717) is 12.1 Å². The van der Waals surface area contributed by atoms with E-state index in [4.69, 9.17) is 0 Å². The number of nitrogens with zero attached hydrogens (tertiary/aromatic N) is 1. The lowest BCUT2D eigenvalue weighted by atomic mass is 10.1. The fourth-order valence-corrected chi connectivity index (χ4v) is 4.40. The van der Waals surface area contributed by atoms with Crippen molar-refractivity contribution in [3.8, 4) is 0 Å². The Bertz CT molecular complexity index is 728. The van der Waals surface area contributed by atoms with Crippen LogP contribution in [0.2, 0.25) is 0 Å². The standard InChI is InChI=1S/C16H22N2O4S/c1-11-5-4-6-14(12(11)2)17-15(19)9-16(20)18(3)13-7-8-23(21,22)10-13/h4-6,13H,7-10H2,1-3H3,(H,17,19). The van der Waals surface area contributed by atoms with Crippen LogP contribution in [-0.4, -0.2) is 49.7 Å². The second kappa shape index (κ2) is 6.70. The first-order valence-corrected chi connectivity index (χ1v) is 9.34. The van der Waals surface area contributed by atoms with Crippen LogP contribution in [0.25, 0.3) is 0 Å². The van der Waals surface area contributed by atoms with Gasteiger partial charge in [0.15, 0.2) is 9.84 Å². The molecule has 1 aromatic carbocycles. The maximum absolute atomic E-state index is 12.2. The predicted molar refractivity (Wildman–Crippen MR) is 89.0 cm³/mol. The lowest BCUT2D eigenvalue weighted by molar-refractivity contribution is -0.134. The van der Waals surface area contributed by atoms with E-state index in [1.54, 1.807) is 13.1 Å². The molecule has 1 heterocycles. The van der Waals surface area contributed by atoms with Crippen LogP contribution in [0.1, 0.15) is 24.0 Å². The first-order valence-electron chi connectivity index (χ1n) is 7.52. The van der Waals surface area contributed by atoms with E-state index < -0.39 is 15.7 Å². The molecule has 2 amide bonds. The second-order valence-electron chi connectivity index (χ2n) is 6.03. The van der Waals surface area contributed by atoms with E-state index >= 15 is 0 Å². The van der Waals surface area contributed by atoms with E-state index in [1.807, 2.05) is 26.0 Å². The van der Waals surface area contributed by atoms with Gasteiger partial charge in [0.05, 0.1) is 11.5 Å². The van der Waals surface area contributed by atoms with Gasteiger partial charge in [-0.1, -0.05) is 12.1 Å². The summed E-state index contributed by atoms with van der Waals surface area (Å²) in [6, 6.07) is 5.25. The van der Waals surface area contributed by atoms with Gasteiger partial charge in [-0.15, -0.1) is 0 Å². The van der Waals surface area contributed by atoms with Gasteiger partial charge < -0.3 is 10.2 Å². The first-order chi connectivity index (χ1) is 10.7. The highest BCUT2D eigenvalue weighted by molar-refractivity contribution is 7.91. The van der Waals surface area contributed by atoms with E-state index in [9.17, 15) is 18.0 Å². The molecule has 1 aliphatic rings. The summed E-state index contributed by atoms with van der Waals surface area (Å²) in [6.45, 7) is 3.85. The number of hydrogen-bond acceptors (Lipinski definition) is 4. The molecular weight excluding hydrogens is 316 g/mol. The van der Waals surface area contributed by atoms with Gasteiger partial charge in [-0.3, -0.25) is 9.59 Å². The molecule has 1 atom stereocenters. The molecule has 0 spiro atoms. The first kappa shape index (κ1) is 17.5. The molecule has 1 fully saturated rings. The molecule has 0 radical (unpaired) electrons. The van der Waals surface area contributed by atoms with Crippen molar-refractivity contribution in [1.82, 2.24) is 4.90 Å². The molecule has 1 unspecified atom stereocenters. The van der Waals surface area contributed by atoms with Crippen molar-refractivity contribution in [3.63, 3.8) is 0 Å². The highest BCUT2D eigenvalue weighted by Gasteiger charge is 2.33. The summed E-state index contributed by atoms with van der Waals surface area (Å²) in [6.07, 6.45) is 0.142. The molecule has 1 aliphatic heterocycles. The summed E-state index contributed by atoms with van der Waals surface area (Å²) < 4.78 is 23.0. The van der Waals surface area contributed by atoms with Crippen molar-refractivity contribution in [2.75, 3.05) is 23.9 Å². The summed E-state index contributed by atoms with van der Waals surface area (Å²) in [5.41, 5.74) is 2.71. The number of rotatable bonds is 4. The Kier molecular flexibility index (Phi) is 5.09. The lowest BCUT2D eigenvalue weighted by Gasteiger charge is -2.23. The highest BCUT2D eigenvalue weighted by atomic mass is 32.2. The SMILES string of the molecule is Cc1cccc(NC(=O)CC(=O)N(C)C2CCS(=O)(=O)C2)c1C. The Balaban J connectivity index is 1.95. The van der Waals surface area contributed by atoms with Crippen molar-refractivity contribution >= 4 is 27.3 Å². The number of hydrogen-bond donors (Lipinski definition) is 1. The number of aryl methyl sites for hydroxylation is 1. The molecule has 0 aliphatic carbocycles. The van der Waals surface area contributed by atoms with Gasteiger partial charge in [0.1, 0.15) is 6.42 Å². The Hall–Kier alpha value is -1.89. The maximum Gasteiger partial charge on any atom is 0.233 e. The van der Waals surface area contributed by atoms with Crippen LogP contribution >= 0.6 is 0 Å². The number of sulfone groups is 1. The second-order valence-corrected chi connectivity index (χ2v) is 8.26. The molecule has 1 saturated heterocycles. The molecule has 7 heteroatoms. The molecule has 126 valence electrons. The topological polar surface area (TPSA) is 83.6 Å². The molecule has 2 rings (SSSR count). The minimum Gasteiger partial charge on any atom is -0.341 e. The normalized spacial score (nSPS) is 19.3. The number of carbonyl (C=O) groups excluding carboxylic acids is 2. The summed E-state index contributed by atoms with van der Waals surface area (Å²) >= 11 is 0. The Labute approximate surface area is 136 Å². The summed E-state index contributed by atoms with van der Waals surface area (Å²) in [4.78, 5) is 25.6. The van der Waals surface area contributed by atoms with Crippen molar-refractivity contribution in [1.29, 1.82) is 0 Å². The van der Waals surface area contributed by atoms with Gasteiger partial charge in [0.2, 0.25) is 11.8 Å². The van der Waals surface area contributed by atoms with E-state index in [1.165, 1.54) is 4.90 Å². The lowest BCUT2D eigenvalue weighted by Crippen LogP contribution is -2.39. The average molecular weight is 338 g/mol. The number of carbonyl (C=O) groups is 2. The molecular formula is C16H22N2O4S. The Morgan fingerprint density at radius 2 is 2.00 bits per heavy atom. The highest BCUT2D eigenvalue weighted by Crippen LogP contribution is 2.19. The van der Waals surface area contributed by atoms with Crippen LogP contribution < -0.4 is 5.32 Å². The molecule has 6 nitrogen and oxygen atoms in total. The van der Waals surface area contributed by atoms with Crippen LogP contribution in [0.3, 0.4) is 0 Å². The smallest absolute Gasteiger partial charge is 0.233 e. The molecule has 1 aromatic rings. The third-order valence-electron chi connectivity index (χ3n) is 4.34. The van der Waals surface area contributed by atoms with Gasteiger partial charge in [0, 0.05) is 18.8 Å². The number of anilines is 1. The minimum absolute atomic E-state index is 0.0200. The molecule has 0 aromatic heterocycles. The van der Waals surface area contributed by atoms with Crippen molar-refractivity contribution in [2.24, 2.45) is 0 Å². The van der Waals surface area contributed by atoms with Gasteiger partial charge in [-0.2, -0.15) is 0 Å². The van der Waals surface area contributed by atoms with Crippen LogP contribution in [0.4, 0.5) is 5.69 Å². The van der Waals surface area contributed by atoms with E-state index in [0.717, 1.165) is 11.1 Å². The summed E-state index contributed by atoms with van der Waals surface area (Å²) in [7, 11) is -1.50. The minimum atomic E-state index is -3.06. The van der Waals surface area contributed by atoms with Crippen LogP contribution in [0.5, 0.6) is 0 Å². The monoisotopic (exact) mass is 338 g/mol. The van der Waals surface area contributed by atoms with Gasteiger partial charge in [-0.25, -0.2) is 8.42 Å². The molecule has 0 bridgehead atoms. The van der Waals surface area contributed by atoms with Crippen LogP contribution in [0.15, 0.2) is 18.2 Å². The fraction of sp³-hybridized carbons (Fsp3) is 0.500. The zero-order chi connectivity index (χ0) is 17.2.